The average Bonchev–Trinajstić information content (AvgIpc) is 3.10. The van der Waals surface area contributed by atoms with E-state index in [4.69, 9.17) is 16.7 Å². The summed E-state index contributed by atoms with van der Waals surface area (Å²) in [5, 5.41) is 14.9. The highest BCUT2D eigenvalue weighted by molar-refractivity contribution is 7.89. The quantitative estimate of drug-likeness (QED) is 0.620. The molecule has 0 saturated heterocycles. The van der Waals surface area contributed by atoms with Crippen molar-refractivity contribution in [1.82, 2.24) is 10.2 Å². The van der Waals surface area contributed by atoms with Gasteiger partial charge < -0.3 is 5.32 Å². The van der Waals surface area contributed by atoms with Gasteiger partial charge in [0.2, 0.25) is 15.9 Å². The molecule has 1 heterocycles. The Morgan fingerprint density at radius 1 is 1.23 bits per heavy atom. The third kappa shape index (κ3) is 4.10. The topological polar surface area (TPSA) is 118 Å². The van der Waals surface area contributed by atoms with Crippen LogP contribution in [0.5, 0.6) is 0 Å². The Kier molecular flexibility index (Phi) is 5.08. The molecule has 7 nitrogen and oxygen atoms in total. The molecule has 0 aliphatic rings. The second-order valence-electron chi connectivity index (χ2n) is 5.56. The average molecular weight is 391 g/mol. The Morgan fingerprint density at radius 3 is 2.65 bits per heavy atom. The van der Waals surface area contributed by atoms with Crippen LogP contribution in [-0.4, -0.2) is 24.5 Å². The first kappa shape index (κ1) is 18.1. The second kappa shape index (κ2) is 7.28. The summed E-state index contributed by atoms with van der Waals surface area (Å²) in [6.07, 6.45) is 3.10. The van der Waals surface area contributed by atoms with E-state index < -0.39 is 10.0 Å². The molecule has 9 heteroatoms. The number of amides is 1. The molecule has 0 fully saturated rings. The molecular weight excluding hydrogens is 376 g/mol. The van der Waals surface area contributed by atoms with Crippen molar-refractivity contribution in [3.8, 4) is 11.1 Å². The van der Waals surface area contributed by atoms with E-state index in [0.717, 1.165) is 0 Å². The predicted octanol–water partition coefficient (Wildman–Crippen LogP) is 2.56. The number of nitrogens with zero attached hydrogens (tertiary/aromatic N) is 1. The maximum Gasteiger partial charge on any atom is 0.238 e. The van der Waals surface area contributed by atoms with Gasteiger partial charge in [-0.05, 0) is 23.8 Å². The lowest BCUT2D eigenvalue weighted by atomic mass is 10.1. The molecule has 1 aromatic heterocycles. The van der Waals surface area contributed by atoms with Gasteiger partial charge in [-0.3, -0.25) is 9.89 Å². The first-order valence-corrected chi connectivity index (χ1v) is 9.46. The van der Waals surface area contributed by atoms with Gasteiger partial charge in [-0.15, -0.1) is 0 Å². The molecule has 0 atom stereocenters. The van der Waals surface area contributed by atoms with Gasteiger partial charge in [0, 0.05) is 28.0 Å². The van der Waals surface area contributed by atoms with Gasteiger partial charge in [0.1, 0.15) is 0 Å². The maximum atomic E-state index is 12.2. The van der Waals surface area contributed by atoms with Crippen molar-refractivity contribution in [2.75, 3.05) is 5.32 Å². The summed E-state index contributed by atoms with van der Waals surface area (Å²) < 4.78 is 23.9. The zero-order valence-corrected chi connectivity index (χ0v) is 15.0. The number of nitrogens with two attached hydrogens (primary N) is 1. The summed E-state index contributed by atoms with van der Waals surface area (Å²) in [5.41, 5.74) is 1.96. The van der Waals surface area contributed by atoms with Crippen LogP contribution in [0.25, 0.3) is 11.1 Å². The fraction of sp³-hybridized carbons (Fsp3) is 0.0588. The molecule has 1 amide bonds. The van der Waals surface area contributed by atoms with Crippen LogP contribution in [-0.2, 0) is 21.2 Å². The van der Waals surface area contributed by atoms with Crippen LogP contribution in [0.2, 0.25) is 5.02 Å². The van der Waals surface area contributed by atoms with Crippen molar-refractivity contribution >= 4 is 33.2 Å². The molecule has 0 radical (unpaired) electrons. The van der Waals surface area contributed by atoms with Crippen LogP contribution >= 0.6 is 11.6 Å². The summed E-state index contributed by atoms with van der Waals surface area (Å²) in [6, 6.07) is 11.5. The van der Waals surface area contributed by atoms with Gasteiger partial charge in [0.25, 0.3) is 0 Å². The van der Waals surface area contributed by atoms with Crippen molar-refractivity contribution in [3.05, 3.63) is 65.4 Å². The van der Waals surface area contributed by atoms with Gasteiger partial charge in [0.15, 0.2) is 0 Å². The Morgan fingerprint density at radius 2 is 2.00 bits per heavy atom. The van der Waals surface area contributed by atoms with E-state index in [0.29, 0.717) is 27.4 Å². The SMILES string of the molecule is NS(=O)(=O)c1cc(NC(=O)Cc2ccccc2Cl)ccc1-c1cn[nH]c1. The van der Waals surface area contributed by atoms with Crippen molar-refractivity contribution in [2.24, 2.45) is 5.14 Å². The zero-order chi connectivity index (χ0) is 18.7. The molecule has 0 unspecified atom stereocenters. The largest absolute Gasteiger partial charge is 0.326 e. The van der Waals surface area contributed by atoms with Crippen LogP contribution in [0.4, 0.5) is 5.69 Å². The molecule has 0 aliphatic heterocycles. The minimum absolute atomic E-state index is 0.0634. The molecule has 3 aromatic rings. The number of rotatable bonds is 5. The number of H-pyrrole nitrogens is 1. The summed E-state index contributed by atoms with van der Waals surface area (Å²) in [7, 11) is -4.00. The predicted molar refractivity (Wildman–Crippen MR) is 99.2 cm³/mol. The zero-order valence-electron chi connectivity index (χ0n) is 13.4. The number of nitrogens with one attached hydrogen (secondary N) is 2. The third-order valence-corrected chi connectivity index (χ3v) is 5.01. The molecule has 26 heavy (non-hydrogen) atoms. The fourth-order valence-corrected chi connectivity index (χ4v) is 3.48. The Bertz CT molecular complexity index is 1050. The highest BCUT2D eigenvalue weighted by Crippen LogP contribution is 2.28. The minimum Gasteiger partial charge on any atom is -0.326 e. The minimum atomic E-state index is -4.00. The molecule has 3 rings (SSSR count). The van der Waals surface area contributed by atoms with E-state index in [1.165, 1.54) is 12.3 Å². The standard InChI is InChI=1S/C17H15ClN4O3S/c18-15-4-2-1-3-11(15)7-17(23)22-13-5-6-14(12-9-20-21-10-12)16(8-13)26(19,24)25/h1-6,8-10H,7H2,(H,20,21)(H,22,23)(H2,19,24,25). The molecule has 0 aliphatic carbocycles. The number of sulfonamides is 1. The van der Waals surface area contributed by atoms with E-state index in [1.54, 1.807) is 42.6 Å². The number of carbonyl (C=O) groups is 1. The van der Waals surface area contributed by atoms with Crippen molar-refractivity contribution in [3.63, 3.8) is 0 Å². The number of primary sulfonamides is 1. The Labute approximate surface area is 155 Å². The molecule has 0 saturated carbocycles. The lowest BCUT2D eigenvalue weighted by Gasteiger charge is -2.11. The molecular formula is C17H15ClN4O3S. The number of aromatic amines is 1. The van der Waals surface area contributed by atoms with Gasteiger partial charge in [-0.1, -0.05) is 35.9 Å². The number of aromatic nitrogens is 2. The van der Waals surface area contributed by atoms with Crippen LogP contribution in [0.1, 0.15) is 5.56 Å². The van der Waals surface area contributed by atoms with E-state index in [9.17, 15) is 13.2 Å². The highest BCUT2D eigenvalue weighted by atomic mass is 35.5. The fourth-order valence-electron chi connectivity index (χ4n) is 2.49. The molecule has 0 spiro atoms. The van der Waals surface area contributed by atoms with E-state index in [1.807, 2.05) is 0 Å². The third-order valence-electron chi connectivity index (χ3n) is 3.69. The van der Waals surface area contributed by atoms with Crippen LogP contribution in [0.15, 0.2) is 59.8 Å². The lowest BCUT2D eigenvalue weighted by molar-refractivity contribution is -0.115. The Hall–Kier alpha value is -2.68. The highest BCUT2D eigenvalue weighted by Gasteiger charge is 2.17. The molecule has 4 N–H and O–H groups in total. The van der Waals surface area contributed by atoms with Gasteiger partial charge >= 0.3 is 0 Å². The maximum absolute atomic E-state index is 12.2. The first-order chi connectivity index (χ1) is 12.3. The molecule has 134 valence electrons. The number of halogens is 1. The Balaban J connectivity index is 1.87. The van der Waals surface area contributed by atoms with E-state index >= 15 is 0 Å². The van der Waals surface area contributed by atoms with Gasteiger partial charge in [-0.2, -0.15) is 5.10 Å². The first-order valence-electron chi connectivity index (χ1n) is 7.54. The van der Waals surface area contributed by atoms with Crippen LogP contribution in [0, 0.1) is 0 Å². The van der Waals surface area contributed by atoms with Crippen LogP contribution < -0.4 is 10.5 Å². The van der Waals surface area contributed by atoms with Gasteiger partial charge in [-0.25, -0.2) is 13.6 Å². The van der Waals surface area contributed by atoms with E-state index in [-0.39, 0.29) is 17.2 Å². The molecule has 0 bridgehead atoms. The van der Waals surface area contributed by atoms with Gasteiger partial charge in [0.05, 0.1) is 17.5 Å². The summed E-state index contributed by atoms with van der Waals surface area (Å²) in [6.45, 7) is 0. The van der Waals surface area contributed by atoms with Crippen molar-refractivity contribution < 1.29 is 13.2 Å². The lowest BCUT2D eigenvalue weighted by Crippen LogP contribution is -2.17. The number of carbonyl (C=O) groups excluding carboxylic acids is 1. The summed E-state index contributed by atoms with van der Waals surface area (Å²) in [4.78, 5) is 12.1. The number of hydrogen-bond acceptors (Lipinski definition) is 4. The summed E-state index contributed by atoms with van der Waals surface area (Å²) >= 11 is 6.05. The van der Waals surface area contributed by atoms with Crippen LogP contribution in [0.3, 0.4) is 0 Å². The van der Waals surface area contributed by atoms with Crippen molar-refractivity contribution in [1.29, 1.82) is 0 Å². The summed E-state index contributed by atoms with van der Waals surface area (Å²) in [5.74, 6) is -0.325. The molecule has 2 aromatic carbocycles. The monoisotopic (exact) mass is 390 g/mol. The normalized spacial score (nSPS) is 11.3. The van der Waals surface area contributed by atoms with E-state index in [2.05, 4.69) is 15.5 Å². The smallest absolute Gasteiger partial charge is 0.238 e. The number of anilines is 1. The number of benzene rings is 2. The second-order valence-corrected chi connectivity index (χ2v) is 7.50. The van der Waals surface area contributed by atoms with Crippen molar-refractivity contribution in [2.45, 2.75) is 11.3 Å². The number of hydrogen-bond donors (Lipinski definition) is 3.